The fourth-order valence-electron chi connectivity index (χ4n) is 3.71. The summed E-state index contributed by atoms with van der Waals surface area (Å²) in [5.41, 5.74) is 2.95. The molecule has 0 aliphatic rings. The van der Waals surface area contributed by atoms with Crippen LogP contribution in [0.15, 0.2) is 46.8 Å². The summed E-state index contributed by atoms with van der Waals surface area (Å²) in [5.74, 6) is 2.70. The van der Waals surface area contributed by atoms with Crippen LogP contribution in [0.25, 0.3) is 11.3 Å². The molecule has 0 bridgehead atoms. The molecule has 0 aliphatic carbocycles. The molecule has 3 rings (SSSR count). The number of hydrogen-bond acceptors (Lipinski definition) is 6. The fraction of sp³-hybridized carbons (Fsp3) is 0.400. The Labute approximate surface area is 194 Å². The van der Waals surface area contributed by atoms with Gasteiger partial charge in [-0.15, -0.1) is 11.3 Å². The second-order valence-electron chi connectivity index (χ2n) is 7.36. The zero-order valence-corrected chi connectivity index (χ0v) is 20.5. The molecule has 6 nitrogen and oxygen atoms in total. The van der Waals surface area contributed by atoms with Gasteiger partial charge in [-0.2, -0.15) is 0 Å². The Hall–Kier alpha value is -2.93. The van der Waals surface area contributed by atoms with Crippen molar-refractivity contribution in [3.05, 3.63) is 46.6 Å². The van der Waals surface area contributed by atoms with Crippen molar-refractivity contribution in [1.82, 2.24) is 4.57 Å². The third-order valence-electron chi connectivity index (χ3n) is 5.22. The van der Waals surface area contributed by atoms with Crippen molar-refractivity contribution in [3.8, 4) is 34.3 Å². The van der Waals surface area contributed by atoms with Crippen molar-refractivity contribution in [2.75, 3.05) is 27.9 Å². The zero-order valence-electron chi connectivity index (χ0n) is 19.7. The van der Waals surface area contributed by atoms with Crippen molar-refractivity contribution in [2.45, 2.75) is 39.7 Å². The lowest BCUT2D eigenvalue weighted by molar-refractivity contribution is 0.324. The summed E-state index contributed by atoms with van der Waals surface area (Å²) in [6.45, 7) is 7.06. The Morgan fingerprint density at radius 2 is 1.62 bits per heavy atom. The molecule has 1 heterocycles. The molecule has 32 heavy (non-hydrogen) atoms. The Morgan fingerprint density at radius 3 is 2.16 bits per heavy atom. The van der Waals surface area contributed by atoms with Crippen LogP contribution >= 0.6 is 11.3 Å². The smallest absolute Gasteiger partial charge is 0.203 e. The highest BCUT2D eigenvalue weighted by Crippen LogP contribution is 2.41. The molecule has 0 saturated heterocycles. The highest BCUT2D eigenvalue weighted by molar-refractivity contribution is 7.07. The lowest BCUT2D eigenvalue weighted by atomic mass is 10.1. The van der Waals surface area contributed by atoms with Crippen molar-refractivity contribution < 1.29 is 18.9 Å². The van der Waals surface area contributed by atoms with Gasteiger partial charge in [-0.25, -0.2) is 4.99 Å². The second-order valence-corrected chi connectivity index (χ2v) is 8.20. The standard InChI is InChI=1S/C25H32N2O4S/c1-7-9-17(3)27-21(18-14-22(28-4)24(30-6)23(15-18)29-5)16-32-25(27)26-19-10-12-20(13-11-19)31-8-2/h10-17H,7-9H2,1-6H3. The normalized spacial score (nSPS) is 12.5. The van der Waals surface area contributed by atoms with E-state index in [1.165, 1.54) is 0 Å². The summed E-state index contributed by atoms with van der Waals surface area (Å²) < 4.78 is 24.5. The first-order chi connectivity index (χ1) is 15.6. The molecular formula is C25H32N2O4S. The molecule has 0 spiro atoms. The van der Waals surface area contributed by atoms with Gasteiger partial charge in [-0.05, 0) is 56.7 Å². The number of rotatable bonds is 10. The van der Waals surface area contributed by atoms with Crippen molar-refractivity contribution in [3.63, 3.8) is 0 Å². The van der Waals surface area contributed by atoms with Crippen LogP contribution in [0.5, 0.6) is 23.0 Å². The Kier molecular flexibility index (Phi) is 8.22. The molecule has 3 aromatic rings. The molecule has 1 atom stereocenters. The topological polar surface area (TPSA) is 54.2 Å². The van der Waals surface area contributed by atoms with Gasteiger partial charge in [0, 0.05) is 17.0 Å². The number of methoxy groups -OCH3 is 3. The van der Waals surface area contributed by atoms with E-state index < -0.39 is 0 Å². The first-order valence-electron chi connectivity index (χ1n) is 10.8. The van der Waals surface area contributed by atoms with E-state index >= 15 is 0 Å². The number of hydrogen-bond donors (Lipinski definition) is 0. The van der Waals surface area contributed by atoms with Gasteiger partial charge >= 0.3 is 0 Å². The van der Waals surface area contributed by atoms with Gasteiger partial charge in [-0.3, -0.25) is 0 Å². The van der Waals surface area contributed by atoms with E-state index in [9.17, 15) is 0 Å². The molecule has 0 N–H and O–H groups in total. The van der Waals surface area contributed by atoms with E-state index in [2.05, 4.69) is 23.8 Å². The van der Waals surface area contributed by atoms with Crippen LogP contribution in [-0.2, 0) is 0 Å². The third kappa shape index (κ3) is 5.10. The molecule has 172 valence electrons. The van der Waals surface area contributed by atoms with E-state index in [1.807, 2.05) is 43.3 Å². The van der Waals surface area contributed by atoms with E-state index in [0.29, 0.717) is 23.9 Å². The summed E-state index contributed by atoms with van der Waals surface area (Å²) in [6.07, 6.45) is 2.13. The monoisotopic (exact) mass is 456 g/mol. The van der Waals surface area contributed by atoms with E-state index in [-0.39, 0.29) is 6.04 Å². The highest BCUT2D eigenvalue weighted by atomic mass is 32.1. The van der Waals surface area contributed by atoms with E-state index in [1.54, 1.807) is 32.7 Å². The Bertz CT molecular complexity index is 1060. The second kappa shape index (κ2) is 11.1. The minimum Gasteiger partial charge on any atom is -0.494 e. The third-order valence-corrected chi connectivity index (χ3v) is 6.06. The van der Waals surface area contributed by atoms with Crippen LogP contribution in [-0.4, -0.2) is 32.5 Å². The summed E-state index contributed by atoms with van der Waals surface area (Å²) in [5, 5.41) is 2.14. The van der Waals surface area contributed by atoms with Gasteiger partial charge in [0.15, 0.2) is 16.3 Å². The Balaban J connectivity index is 2.15. The summed E-state index contributed by atoms with van der Waals surface area (Å²) >= 11 is 1.62. The van der Waals surface area contributed by atoms with Crippen molar-refractivity contribution >= 4 is 17.0 Å². The van der Waals surface area contributed by atoms with Crippen LogP contribution in [0.2, 0.25) is 0 Å². The van der Waals surface area contributed by atoms with Gasteiger partial charge in [0.05, 0.1) is 39.3 Å². The Morgan fingerprint density at radius 1 is 0.969 bits per heavy atom. The van der Waals surface area contributed by atoms with Crippen LogP contribution in [0.1, 0.15) is 39.7 Å². The molecular weight excluding hydrogens is 424 g/mol. The van der Waals surface area contributed by atoms with E-state index in [0.717, 1.165) is 40.3 Å². The minimum absolute atomic E-state index is 0.279. The summed E-state index contributed by atoms with van der Waals surface area (Å²) in [6, 6.07) is 12.1. The maximum Gasteiger partial charge on any atom is 0.203 e. The molecule has 1 aromatic heterocycles. The zero-order chi connectivity index (χ0) is 23.1. The molecule has 0 radical (unpaired) electrons. The first-order valence-corrected chi connectivity index (χ1v) is 11.7. The number of benzene rings is 2. The molecule has 2 aromatic carbocycles. The van der Waals surface area contributed by atoms with Gasteiger partial charge in [0.1, 0.15) is 5.75 Å². The quantitative estimate of drug-likeness (QED) is 0.363. The summed E-state index contributed by atoms with van der Waals surface area (Å²) in [4.78, 5) is 5.89. The van der Waals surface area contributed by atoms with Gasteiger partial charge in [0.2, 0.25) is 5.75 Å². The van der Waals surface area contributed by atoms with Crippen molar-refractivity contribution in [1.29, 1.82) is 0 Å². The SMILES string of the molecule is CCCC(C)n1c(-c2cc(OC)c(OC)c(OC)c2)csc1=Nc1ccc(OCC)cc1. The fourth-order valence-corrected chi connectivity index (χ4v) is 4.72. The minimum atomic E-state index is 0.279. The number of thiazole rings is 1. The molecule has 1 unspecified atom stereocenters. The first kappa shape index (κ1) is 23.7. The molecule has 0 aliphatic heterocycles. The number of aromatic nitrogens is 1. The van der Waals surface area contributed by atoms with Gasteiger partial charge in [0.25, 0.3) is 0 Å². The molecule has 0 amide bonds. The molecule has 0 fully saturated rings. The lowest BCUT2D eigenvalue weighted by Gasteiger charge is -2.19. The molecule has 0 saturated carbocycles. The predicted molar refractivity (Wildman–Crippen MR) is 130 cm³/mol. The van der Waals surface area contributed by atoms with Crippen LogP contribution < -0.4 is 23.7 Å². The van der Waals surface area contributed by atoms with Crippen LogP contribution in [0.4, 0.5) is 5.69 Å². The van der Waals surface area contributed by atoms with Crippen molar-refractivity contribution in [2.24, 2.45) is 4.99 Å². The van der Waals surface area contributed by atoms with Crippen LogP contribution in [0, 0.1) is 0 Å². The van der Waals surface area contributed by atoms with Gasteiger partial charge in [-0.1, -0.05) is 13.3 Å². The lowest BCUT2D eigenvalue weighted by Crippen LogP contribution is -2.19. The number of ether oxygens (including phenoxy) is 4. The summed E-state index contributed by atoms with van der Waals surface area (Å²) in [7, 11) is 4.88. The number of nitrogens with zero attached hydrogens (tertiary/aromatic N) is 2. The predicted octanol–water partition coefficient (Wildman–Crippen LogP) is 6.23. The maximum atomic E-state index is 5.58. The highest BCUT2D eigenvalue weighted by Gasteiger charge is 2.19. The average Bonchev–Trinajstić information content (AvgIpc) is 3.23. The van der Waals surface area contributed by atoms with Crippen LogP contribution in [0.3, 0.4) is 0 Å². The molecule has 7 heteroatoms. The average molecular weight is 457 g/mol. The largest absolute Gasteiger partial charge is 0.494 e. The van der Waals surface area contributed by atoms with E-state index in [4.69, 9.17) is 23.9 Å². The maximum absolute atomic E-state index is 5.58. The van der Waals surface area contributed by atoms with Gasteiger partial charge < -0.3 is 23.5 Å².